The first-order valence-corrected chi connectivity index (χ1v) is 8.20. The van der Waals surface area contributed by atoms with E-state index in [1.54, 1.807) is 0 Å². The van der Waals surface area contributed by atoms with Gasteiger partial charge in [-0.05, 0) is 44.4 Å². The number of likely N-dealkylation sites (tertiary alicyclic amines) is 2. The van der Waals surface area contributed by atoms with Crippen LogP contribution in [0, 0.1) is 0 Å². The molecule has 2 aliphatic heterocycles. The second kappa shape index (κ2) is 6.53. The van der Waals surface area contributed by atoms with Gasteiger partial charge in [-0.2, -0.15) is 0 Å². The molecule has 4 nitrogen and oxygen atoms in total. The Bertz CT molecular complexity index is 530. The molecule has 0 aliphatic carbocycles. The molecule has 3 rings (SSSR count). The van der Waals surface area contributed by atoms with Crippen molar-refractivity contribution in [2.24, 2.45) is 0 Å². The largest absolute Gasteiger partial charge is 0.323 e. The molecule has 1 N–H and O–H groups in total. The predicted octanol–water partition coefficient (Wildman–Crippen LogP) is 3.33. The molecule has 0 radical (unpaired) electrons. The summed E-state index contributed by atoms with van der Waals surface area (Å²) in [5.74, 6) is 0. The summed E-state index contributed by atoms with van der Waals surface area (Å²) in [6, 6.07) is 9.72. The topological polar surface area (TPSA) is 35.6 Å². The van der Waals surface area contributed by atoms with Crippen molar-refractivity contribution in [3.05, 3.63) is 43.0 Å². The minimum Gasteiger partial charge on any atom is -0.323 e. The highest BCUT2D eigenvalue weighted by molar-refractivity contribution is 5.89. The summed E-state index contributed by atoms with van der Waals surface area (Å²) in [5, 5.41) is 3.01. The molecule has 2 heterocycles. The molecule has 118 valence electrons. The van der Waals surface area contributed by atoms with Gasteiger partial charge in [-0.1, -0.05) is 24.3 Å². The summed E-state index contributed by atoms with van der Waals surface area (Å²) >= 11 is 0. The number of para-hydroxylation sites is 1. The van der Waals surface area contributed by atoms with Crippen molar-refractivity contribution in [2.45, 2.75) is 31.2 Å². The quantitative estimate of drug-likeness (QED) is 0.869. The number of rotatable bonds is 3. The van der Waals surface area contributed by atoms with Crippen molar-refractivity contribution in [1.29, 1.82) is 0 Å². The Morgan fingerprint density at radius 1 is 1.23 bits per heavy atom. The molecule has 2 saturated heterocycles. The van der Waals surface area contributed by atoms with E-state index in [9.17, 15) is 4.79 Å². The van der Waals surface area contributed by atoms with Crippen molar-refractivity contribution in [3.8, 4) is 0 Å². The summed E-state index contributed by atoms with van der Waals surface area (Å²) < 4.78 is 0. The SMILES string of the molecule is C=CCN1CCC[C@@]12CCCN(C(=O)Nc1ccccc1)C2. The smallest absolute Gasteiger partial charge is 0.321 e. The Balaban J connectivity index is 1.67. The van der Waals surface area contributed by atoms with Crippen molar-refractivity contribution < 1.29 is 4.79 Å². The molecule has 0 aromatic heterocycles. The molecule has 22 heavy (non-hydrogen) atoms. The molecule has 4 heteroatoms. The van der Waals surface area contributed by atoms with Crippen LogP contribution in [-0.2, 0) is 0 Å². The highest BCUT2D eigenvalue weighted by Gasteiger charge is 2.44. The number of nitrogens with zero attached hydrogens (tertiary/aromatic N) is 2. The van der Waals surface area contributed by atoms with Crippen LogP contribution in [0.4, 0.5) is 10.5 Å². The van der Waals surface area contributed by atoms with Gasteiger partial charge in [0.2, 0.25) is 0 Å². The second-order valence-electron chi connectivity index (χ2n) is 6.38. The molecule has 0 bridgehead atoms. The molecule has 2 amide bonds. The van der Waals surface area contributed by atoms with Crippen LogP contribution >= 0.6 is 0 Å². The number of anilines is 1. The van der Waals surface area contributed by atoms with Gasteiger partial charge in [0.1, 0.15) is 0 Å². The molecule has 1 aromatic carbocycles. The first-order chi connectivity index (χ1) is 10.7. The van der Waals surface area contributed by atoms with E-state index >= 15 is 0 Å². The van der Waals surface area contributed by atoms with Crippen LogP contribution in [0.5, 0.6) is 0 Å². The fraction of sp³-hybridized carbons (Fsp3) is 0.500. The van der Waals surface area contributed by atoms with Gasteiger partial charge in [0, 0.05) is 30.9 Å². The van der Waals surface area contributed by atoms with E-state index in [1.807, 2.05) is 41.3 Å². The van der Waals surface area contributed by atoms with Crippen molar-refractivity contribution in [3.63, 3.8) is 0 Å². The van der Waals surface area contributed by atoms with Crippen LogP contribution in [0.25, 0.3) is 0 Å². The lowest BCUT2D eigenvalue weighted by Gasteiger charge is -2.45. The lowest BCUT2D eigenvalue weighted by atomic mass is 9.86. The molecule has 1 atom stereocenters. The number of carbonyl (C=O) groups is 1. The fourth-order valence-electron chi connectivity index (χ4n) is 3.91. The number of carbonyl (C=O) groups excluding carboxylic acids is 1. The lowest BCUT2D eigenvalue weighted by molar-refractivity contribution is 0.0670. The van der Waals surface area contributed by atoms with E-state index in [-0.39, 0.29) is 11.6 Å². The molecular weight excluding hydrogens is 274 g/mol. The number of urea groups is 1. The lowest BCUT2D eigenvalue weighted by Crippen LogP contribution is -2.57. The van der Waals surface area contributed by atoms with Crippen LogP contribution in [-0.4, -0.2) is 47.5 Å². The third-order valence-electron chi connectivity index (χ3n) is 4.96. The standard InChI is InChI=1S/C18H25N3O/c1-2-12-21-14-7-11-18(21)10-6-13-20(15-18)17(22)19-16-8-4-3-5-9-16/h2-5,8-9H,1,6-7,10-15H2,(H,19,22)/t18-/m1/s1. The normalized spacial score (nSPS) is 25.4. The number of amides is 2. The van der Waals surface area contributed by atoms with Crippen LogP contribution in [0.15, 0.2) is 43.0 Å². The van der Waals surface area contributed by atoms with E-state index in [1.165, 1.54) is 19.3 Å². The zero-order valence-electron chi connectivity index (χ0n) is 13.1. The van der Waals surface area contributed by atoms with E-state index < -0.39 is 0 Å². The van der Waals surface area contributed by atoms with Crippen molar-refractivity contribution in [2.75, 3.05) is 31.5 Å². The minimum atomic E-state index is 0.0238. The fourth-order valence-corrected chi connectivity index (χ4v) is 3.91. The van der Waals surface area contributed by atoms with Crippen LogP contribution in [0.2, 0.25) is 0 Å². The zero-order valence-corrected chi connectivity index (χ0v) is 13.1. The average Bonchev–Trinajstić information content (AvgIpc) is 2.91. The number of hydrogen-bond donors (Lipinski definition) is 1. The van der Waals surface area contributed by atoms with Gasteiger partial charge >= 0.3 is 6.03 Å². The third-order valence-corrected chi connectivity index (χ3v) is 4.96. The number of nitrogens with one attached hydrogen (secondary N) is 1. The maximum Gasteiger partial charge on any atom is 0.321 e. The molecule has 2 fully saturated rings. The summed E-state index contributed by atoms with van der Waals surface area (Å²) in [5.41, 5.74) is 1.03. The zero-order chi connectivity index (χ0) is 15.4. The van der Waals surface area contributed by atoms with Gasteiger partial charge in [0.15, 0.2) is 0 Å². The van der Waals surface area contributed by atoms with Crippen LogP contribution < -0.4 is 5.32 Å². The van der Waals surface area contributed by atoms with Crippen molar-refractivity contribution in [1.82, 2.24) is 9.80 Å². The summed E-state index contributed by atoms with van der Waals surface area (Å²) in [7, 11) is 0. The van der Waals surface area contributed by atoms with E-state index in [0.717, 1.165) is 38.3 Å². The van der Waals surface area contributed by atoms with Gasteiger partial charge in [0.05, 0.1) is 0 Å². The highest BCUT2D eigenvalue weighted by atomic mass is 16.2. The monoisotopic (exact) mass is 299 g/mol. The first kappa shape index (κ1) is 15.1. The third kappa shape index (κ3) is 3.02. The Hall–Kier alpha value is -1.81. The summed E-state index contributed by atoms with van der Waals surface area (Å²) in [4.78, 5) is 17.0. The molecule has 0 saturated carbocycles. The molecule has 2 aliphatic rings. The Morgan fingerprint density at radius 2 is 1.95 bits per heavy atom. The van der Waals surface area contributed by atoms with Gasteiger partial charge in [-0.25, -0.2) is 4.79 Å². The van der Waals surface area contributed by atoms with Gasteiger partial charge in [-0.3, -0.25) is 4.90 Å². The highest BCUT2D eigenvalue weighted by Crippen LogP contribution is 2.37. The summed E-state index contributed by atoms with van der Waals surface area (Å²) in [6.45, 7) is 7.61. The van der Waals surface area contributed by atoms with Crippen molar-refractivity contribution >= 4 is 11.7 Å². The van der Waals surface area contributed by atoms with Crippen LogP contribution in [0.1, 0.15) is 25.7 Å². The van der Waals surface area contributed by atoms with Crippen LogP contribution in [0.3, 0.4) is 0 Å². The second-order valence-corrected chi connectivity index (χ2v) is 6.38. The maximum absolute atomic E-state index is 12.5. The number of hydrogen-bond acceptors (Lipinski definition) is 2. The maximum atomic E-state index is 12.5. The number of piperidine rings is 1. The van der Waals surface area contributed by atoms with Gasteiger partial charge < -0.3 is 10.2 Å². The van der Waals surface area contributed by atoms with E-state index in [2.05, 4.69) is 16.8 Å². The Labute approximate surface area is 132 Å². The molecular formula is C18H25N3O. The Kier molecular flexibility index (Phi) is 4.48. The average molecular weight is 299 g/mol. The number of benzene rings is 1. The molecule has 0 unspecified atom stereocenters. The molecule has 1 spiro atoms. The van der Waals surface area contributed by atoms with Gasteiger partial charge in [0.25, 0.3) is 0 Å². The molecule has 1 aromatic rings. The first-order valence-electron chi connectivity index (χ1n) is 8.20. The minimum absolute atomic E-state index is 0.0238. The van der Waals surface area contributed by atoms with E-state index in [0.29, 0.717) is 0 Å². The van der Waals surface area contributed by atoms with Gasteiger partial charge in [-0.15, -0.1) is 6.58 Å². The van der Waals surface area contributed by atoms with E-state index in [4.69, 9.17) is 0 Å². The predicted molar refractivity (Wildman–Crippen MR) is 90.0 cm³/mol. The Morgan fingerprint density at radius 3 is 2.68 bits per heavy atom. The summed E-state index contributed by atoms with van der Waals surface area (Å²) in [6.07, 6.45) is 6.67.